The molecule has 2 aromatic rings. The zero-order valence-corrected chi connectivity index (χ0v) is 12.9. The molecule has 0 aliphatic rings. The van der Waals surface area contributed by atoms with Crippen LogP contribution in [0.4, 0.5) is 0 Å². The molecule has 0 radical (unpaired) electrons. The number of carbonyl (C=O) groups is 2. The van der Waals surface area contributed by atoms with Crippen LogP contribution in [0.3, 0.4) is 0 Å². The molecule has 1 heterocycles. The molecule has 0 spiro atoms. The fourth-order valence-electron chi connectivity index (χ4n) is 1.63. The van der Waals surface area contributed by atoms with Crippen LogP contribution in [0.2, 0.25) is 0 Å². The summed E-state index contributed by atoms with van der Waals surface area (Å²) in [6.07, 6.45) is 1.44. The van der Waals surface area contributed by atoms with E-state index in [4.69, 9.17) is 14.6 Å². The van der Waals surface area contributed by atoms with Gasteiger partial charge in [-0.3, -0.25) is 0 Å². The summed E-state index contributed by atoms with van der Waals surface area (Å²) in [5, 5.41) is 19.9. The van der Waals surface area contributed by atoms with E-state index < -0.39 is 11.9 Å². The summed E-state index contributed by atoms with van der Waals surface area (Å²) >= 11 is 0. The van der Waals surface area contributed by atoms with Gasteiger partial charge in [0.1, 0.15) is 0 Å². The smallest absolute Gasteiger partial charge is 0.494 e. The van der Waals surface area contributed by atoms with Gasteiger partial charge in [-0.25, -0.2) is 9.59 Å². The summed E-state index contributed by atoms with van der Waals surface area (Å²) in [5.41, 5.74) is 1.01. The van der Waals surface area contributed by atoms with Crippen molar-refractivity contribution in [3.63, 3.8) is 0 Å². The van der Waals surface area contributed by atoms with Crippen LogP contribution in [0.15, 0.2) is 24.4 Å². The second-order valence-electron chi connectivity index (χ2n) is 3.93. The maximum Gasteiger partial charge on any atom is 1.00 e. The van der Waals surface area contributed by atoms with E-state index >= 15 is 0 Å². The number of esters is 1. The second-order valence-corrected chi connectivity index (χ2v) is 3.93. The maximum atomic E-state index is 11.3. The number of benzene rings is 1. The molecule has 22 heavy (non-hydrogen) atoms. The summed E-state index contributed by atoms with van der Waals surface area (Å²) in [4.78, 5) is 22.4. The molecule has 2 rings (SSSR count). The molecule has 0 unspecified atom stereocenters. The largest absolute Gasteiger partial charge is 1.00 e. The Kier molecular flexibility index (Phi) is 6.77. The van der Waals surface area contributed by atoms with Crippen LogP contribution >= 0.6 is 0 Å². The Labute approximate surface area is 141 Å². The SMILES string of the molecule is CCOC(=O)COc1cc(-[c-]2cnnn2)ccc1C(=O)O.[Ag+]. The summed E-state index contributed by atoms with van der Waals surface area (Å²) in [6.45, 7) is 1.52. The Morgan fingerprint density at radius 1 is 1.36 bits per heavy atom. The van der Waals surface area contributed by atoms with Gasteiger partial charge < -0.3 is 14.6 Å². The van der Waals surface area contributed by atoms with Crippen LogP contribution < -0.4 is 4.74 Å². The molecule has 0 aliphatic heterocycles. The quantitative estimate of drug-likeness (QED) is 0.434. The predicted molar refractivity (Wildman–Crippen MR) is 69.9 cm³/mol. The predicted octanol–water partition coefficient (Wildman–Crippen LogP) is 0.895. The van der Waals surface area contributed by atoms with Crippen molar-refractivity contribution in [2.75, 3.05) is 13.2 Å². The van der Waals surface area contributed by atoms with Crippen molar-refractivity contribution in [1.82, 2.24) is 15.4 Å². The van der Waals surface area contributed by atoms with Crippen molar-refractivity contribution in [3.05, 3.63) is 30.0 Å². The Morgan fingerprint density at radius 2 is 2.14 bits per heavy atom. The summed E-state index contributed by atoms with van der Waals surface area (Å²) in [5.74, 6) is -1.68. The number of hydrogen-bond donors (Lipinski definition) is 1. The van der Waals surface area contributed by atoms with Gasteiger partial charge in [-0.2, -0.15) is 21.8 Å². The first-order chi connectivity index (χ1) is 10.1. The zero-order valence-electron chi connectivity index (χ0n) is 11.4. The molecule has 0 atom stereocenters. The van der Waals surface area contributed by atoms with E-state index in [1.165, 1.54) is 18.3 Å². The molecule has 9 heteroatoms. The van der Waals surface area contributed by atoms with Crippen molar-refractivity contribution >= 4 is 11.9 Å². The van der Waals surface area contributed by atoms with Gasteiger partial charge in [-0.05, 0) is 6.92 Å². The molecule has 0 fully saturated rings. The number of aromatic carboxylic acids is 1. The zero-order chi connectivity index (χ0) is 15.2. The molecule has 0 saturated carbocycles. The first kappa shape index (κ1) is 17.9. The van der Waals surface area contributed by atoms with Gasteiger partial charge in [0.15, 0.2) is 6.61 Å². The molecule has 1 aromatic heterocycles. The third-order valence-electron chi connectivity index (χ3n) is 2.54. The molecular formula is C13H12AgN3O5. The molecule has 1 N–H and O–H groups in total. The van der Waals surface area contributed by atoms with Crippen LogP contribution in [0.5, 0.6) is 5.75 Å². The summed E-state index contributed by atoms with van der Waals surface area (Å²) in [7, 11) is 0. The van der Waals surface area contributed by atoms with Crippen LogP contribution in [-0.4, -0.2) is 45.7 Å². The minimum absolute atomic E-state index is 0. The normalized spacial score (nSPS) is 9.68. The minimum atomic E-state index is -1.16. The number of rotatable bonds is 6. The third-order valence-corrected chi connectivity index (χ3v) is 2.54. The standard InChI is InChI=1S/C13H12N3O5.Ag/c1-2-20-12(17)7-21-11-5-8(10-6-14-16-15-10)3-4-9(11)13(18)19;/h3-6H,2,7H2,1H3,(H,18,19);/q-1;+1. The number of carbonyl (C=O) groups excluding carboxylic acids is 1. The topological polar surface area (TPSA) is 112 Å². The van der Waals surface area contributed by atoms with E-state index in [1.54, 1.807) is 13.0 Å². The Hall–Kier alpha value is -2.16. The molecular weight excluding hydrogens is 386 g/mol. The summed E-state index contributed by atoms with van der Waals surface area (Å²) < 4.78 is 9.95. The molecule has 0 aliphatic carbocycles. The number of aromatic nitrogens is 3. The molecule has 1 aromatic carbocycles. The first-order valence-electron chi connectivity index (χ1n) is 6.09. The van der Waals surface area contributed by atoms with Gasteiger partial charge in [0.25, 0.3) is 0 Å². The monoisotopic (exact) mass is 397 g/mol. The van der Waals surface area contributed by atoms with E-state index in [2.05, 4.69) is 15.4 Å². The Morgan fingerprint density at radius 3 is 2.73 bits per heavy atom. The summed E-state index contributed by atoms with van der Waals surface area (Å²) in [6, 6.07) is 4.40. The van der Waals surface area contributed by atoms with Gasteiger partial charge in [0.05, 0.1) is 17.9 Å². The van der Waals surface area contributed by atoms with Gasteiger partial charge in [-0.15, -0.1) is 12.1 Å². The molecule has 0 saturated heterocycles. The molecule has 0 amide bonds. The van der Waals surface area contributed by atoms with E-state index in [0.717, 1.165) is 0 Å². The fourth-order valence-corrected chi connectivity index (χ4v) is 1.63. The number of nitrogens with zero attached hydrogens (tertiary/aromatic N) is 3. The van der Waals surface area contributed by atoms with Gasteiger partial charge in [0, 0.05) is 11.9 Å². The average Bonchev–Trinajstić information content (AvgIpc) is 2.99. The second kappa shape index (κ2) is 8.32. The van der Waals surface area contributed by atoms with Crippen LogP contribution in [-0.2, 0) is 31.9 Å². The van der Waals surface area contributed by atoms with Gasteiger partial charge in [-0.1, -0.05) is 5.21 Å². The number of carboxylic acid groups (broad SMARTS) is 1. The van der Waals surface area contributed by atoms with Crippen molar-refractivity contribution in [1.29, 1.82) is 0 Å². The van der Waals surface area contributed by atoms with Gasteiger partial charge in [0.2, 0.25) is 0 Å². The van der Waals surface area contributed by atoms with E-state index in [0.29, 0.717) is 11.3 Å². The molecule has 120 valence electrons. The number of hydrogen-bond acceptors (Lipinski definition) is 7. The van der Waals surface area contributed by atoms with E-state index in [-0.39, 0.29) is 46.9 Å². The number of ether oxygens (including phenoxy) is 2. The number of carboxylic acids is 1. The average molecular weight is 398 g/mol. The van der Waals surface area contributed by atoms with Crippen LogP contribution in [0.1, 0.15) is 17.3 Å². The Bertz CT molecular complexity index is 645. The Balaban J connectivity index is 0.00000242. The maximum absolute atomic E-state index is 11.3. The third kappa shape index (κ3) is 4.42. The van der Waals surface area contributed by atoms with Crippen molar-refractivity contribution in [2.45, 2.75) is 6.92 Å². The van der Waals surface area contributed by atoms with Crippen molar-refractivity contribution in [2.24, 2.45) is 0 Å². The molecule has 8 nitrogen and oxygen atoms in total. The van der Waals surface area contributed by atoms with Crippen molar-refractivity contribution in [3.8, 4) is 17.0 Å². The van der Waals surface area contributed by atoms with E-state index in [9.17, 15) is 9.59 Å². The van der Waals surface area contributed by atoms with Crippen LogP contribution in [0.25, 0.3) is 11.3 Å². The fraction of sp³-hybridized carbons (Fsp3) is 0.231. The molecule has 0 bridgehead atoms. The minimum Gasteiger partial charge on any atom is -0.494 e. The van der Waals surface area contributed by atoms with Crippen molar-refractivity contribution < 1.29 is 46.5 Å². The van der Waals surface area contributed by atoms with Crippen LogP contribution in [0, 0.1) is 0 Å². The van der Waals surface area contributed by atoms with E-state index in [1.807, 2.05) is 0 Å². The van der Waals surface area contributed by atoms with Gasteiger partial charge >= 0.3 is 34.3 Å². The first-order valence-corrected chi connectivity index (χ1v) is 6.09.